The first kappa shape index (κ1) is 20.5. The molecule has 2 aromatic rings. The third-order valence-corrected chi connectivity index (χ3v) is 5.33. The molecule has 0 aromatic heterocycles. The van der Waals surface area contributed by atoms with Crippen molar-refractivity contribution in [3.05, 3.63) is 52.0 Å². The first-order valence-corrected chi connectivity index (χ1v) is 10.0. The summed E-state index contributed by atoms with van der Waals surface area (Å²) in [5.74, 6) is 0.250. The molecule has 1 N–H and O–H groups in total. The normalized spacial score (nSPS) is 15.8. The number of anilines is 2. The maximum Gasteiger partial charge on any atom is 0.267 e. The number of ether oxygens (including phenoxy) is 1. The lowest BCUT2D eigenvalue weighted by Crippen LogP contribution is -2.44. The van der Waals surface area contributed by atoms with E-state index in [1.54, 1.807) is 42.2 Å². The molecular weight excluding hydrogens is 399 g/mol. The van der Waals surface area contributed by atoms with E-state index in [-0.39, 0.29) is 11.8 Å². The Morgan fingerprint density at radius 1 is 1.14 bits per heavy atom. The lowest BCUT2D eigenvalue weighted by atomic mass is 10.1. The average Bonchev–Trinajstić information content (AvgIpc) is 2.67. The Hall–Kier alpha value is -2.24. The van der Waals surface area contributed by atoms with Crippen LogP contribution in [0.2, 0.25) is 10.0 Å². The number of nitrogens with zero attached hydrogens (tertiary/aromatic N) is 1. The topological polar surface area (TPSA) is 58.6 Å². The molecule has 7 heteroatoms. The Morgan fingerprint density at radius 2 is 1.93 bits per heavy atom. The number of carbonyl (C=O) groups is 2. The molecule has 0 saturated carbocycles. The molecule has 0 radical (unpaired) electrons. The maximum atomic E-state index is 12.6. The van der Waals surface area contributed by atoms with Crippen LogP contribution in [0.3, 0.4) is 0 Å². The fraction of sp³-hybridized carbons (Fsp3) is 0.333. The van der Waals surface area contributed by atoms with Crippen LogP contribution >= 0.6 is 23.2 Å². The van der Waals surface area contributed by atoms with Crippen LogP contribution < -0.4 is 15.0 Å². The highest BCUT2D eigenvalue weighted by molar-refractivity contribution is 6.42. The quantitative estimate of drug-likeness (QED) is 0.623. The highest BCUT2D eigenvalue weighted by Gasteiger charge is 2.31. The molecule has 1 unspecified atom stereocenters. The van der Waals surface area contributed by atoms with Gasteiger partial charge in [0.1, 0.15) is 5.75 Å². The summed E-state index contributed by atoms with van der Waals surface area (Å²) in [6, 6.07) is 9.99. The molecule has 148 valence electrons. The minimum Gasteiger partial charge on any atom is -0.479 e. The van der Waals surface area contributed by atoms with Crippen molar-refractivity contribution in [1.82, 2.24) is 0 Å². The highest BCUT2D eigenvalue weighted by Crippen LogP contribution is 2.36. The standard InChI is InChI=1S/C21H22Cl2N2O3/c1-3-4-5-10-25-18-12-15(7-9-19(18)28-13(2)21(25)27)24-20(26)14-6-8-16(22)17(23)11-14/h6-9,11-13H,3-5,10H2,1-2H3,(H,24,26). The van der Waals surface area contributed by atoms with E-state index in [2.05, 4.69) is 12.2 Å². The van der Waals surface area contributed by atoms with Crippen LogP contribution in [-0.2, 0) is 4.79 Å². The summed E-state index contributed by atoms with van der Waals surface area (Å²) in [5, 5.41) is 3.54. The summed E-state index contributed by atoms with van der Waals surface area (Å²) in [6.07, 6.45) is 2.50. The van der Waals surface area contributed by atoms with E-state index >= 15 is 0 Å². The van der Waals surface area contributed by atoms with Gasteiger partial charge in [0.25, 0.3) is 11.8 Å². The van der Waals surface area contributed by atoms with Gasteiger partial charge >= 0.3 is 0 Å². The molecule has 2 aromatic carbocycles. The van der Waals surface area contributed by atoms with Gasteiger partial charge in [-0.2, -0.15) is 0 Å². The summed E-state index contributed by atoms with van der Waals surface area (Å²) in [4.78, 5) is 26.9. The number of halogens is 2. The van der Waals surface area contributed by atoms with Gasteiger partial charge in [-0.3, -0.25) is 9.59 Å². The molecule has 28 heavy (non-hydrogen) atoms. The number of hydrogen-bond acceptors (Lipinski definition) is 3. The first-order valence-electron chi connectivity index (χ1n) is 9.29. The third-order valence-electron chi connectivity index (χ3n) is 4.59. The molecule has 0 spiro atoms. The molecule has 3 rings (SSSR count). The number of rotatable bonds is 6. The number of amides is 2. The SMILES string of the molecule is CCCCCN1C(=O)C(C)Oc2ccc(NC(=O)c3ccc(Cl)c(Cl)c3)cc21. The molecule has 0 aliphatic carbocycles. The van der Waals surface area contributed by atoms with Crippen LogP contribution in [0.25, 0.3) is 0 Å². The highest BCUT2D eigenvalue weighted by atomic mass is 35.5. The van der Waals surface area contributed by atoms with E-state index in [1.807, 2.05) is 0 Å². The van der Waals surface area contributed by atoms with Gasteiger partial charge in [-0.25, -0.2) is 0 Å². The number of unbranched alkanes of at least 4 members (excludes halogenated alkanes) is 2. The van der Waals surface area contributed by atoms with Crippen LogP contribution in [0.15, 0.2) is 36.4 Å². The second-order valence-corrected chi connectivity index (χ2v) is 7.54. The summed E-state index contributed by atoms with van der Waals surface area (Å²) in [5.41, 5.74) is 1.64. The van der Waals surface area contributed by atoms with Crippen molar-refractivity contribution in [2.75, 3.05) is 16.8 Å². The lowest BCUT2D eigenvalue weighted by molar-refractivity contribution is -0.125. The second kappa shape index (κ2) is 8.84. The van der Waals surface area contributed by atoms with E-state index in [9.17, 15) is 9.59 Å². The lowest BCUT2D eigenvalue weighted by Gasteiger charge is -2.33. The fourth-order valence-corrected chi connectivity index (χ4v) is 3.37. The molecule has 0 fully saturated rings. The second-order valence-electron chi connectivity index (χ2n) is 6.72. The zero-order chi connectivity index (χ0) is 20.3. The molecular formula is C21H22Cl2N2O3. The molecule has 0 saturated heterocycles. The summed E-state index contributed by atoms with van der Waals surface area (Å²) >= 11 is 11.9. The van der Waals surface area contributed by atoms with Gasteiger partial charge in [0.2, 0.25) is 0 Å². The largest absolute Gasteiger partial charge is 0.479 e. The average molecular weight is 421 g/mol. The number of hydrogen-bond donors (Lipinski definition) is 1. The molecule has 1 atom stereocenters. The van der Waals surface area contributed by atoms with E-state index in [0.717, 1.165) is 19.3 Å². The monoisotopic (exact) mass is 420 g/mol. The Labute approximate surface area is 174 Å². The molecule has 2 amide bonds. The van der Waals surface area contributed by atoms with Crippen molar-refractivity contribution in [1.29, 1.82) is 0 Å². The van der Waals surface area contributed by atoms with E-state index in [1.165, 1.54) is 6.07 Å². The van der Waals surface area contributed by atoms with Crippen LogP contribution in [0.5, 0.6) is 5.75 Å². The van der Waals surface area contributed by atoms with Crippen LogP contribution in [0.1, 0.15) is 43.5 Å². The number of nitrogens with one attached hydrogen (secondary N) is 1. The zero-order valence-corrected chi connectivity index (χ0v) is 17.3. The molecule has 5 nitrogen and oxygen atoms in total. The smallest absolute Gasteiger partial charge is 0.267 e. The van der Waals surface area contributed by atoms with Crippen LogP contribution in [0, 0.1) is 0 Å². The molecule has 0 bridgehead atoms. The predicted octanol–water partition coefficient (Wildman–Crippen LogP) is 5.55. The summed E-state index contributed by atoms with van der Waals surface area (Å²) in [7, 11) is 0. The van der Waals surface area contributed by atoms with Crippen molar-refractivity contribution in [3.8, 4) is 5.75 Å². The fourth-order valence-electron chi connectivity index (χ4n) is 3.08. The van der Waals surface area contributed by atoms with E-state index in [0.29, 0.717) is 39.3 Å². The van der Waals surface area contributed by atoms with Crippen molar-refractivity contribution in [2.24, 2.45) is 0 Å². The van der Waals surface area contributed by atoms with Gasteiger partial charge in [0.15, 0.2) is 6.10 Å². The van der Waals surface area contributed by atoms with Gasteiger partial charge in [-0.05, 0) is 49.7 Å². The molecule has 1 aliphatic heterocycles. The predicted molar refractivity (Wildman–Crippen MR) is 113 cm³/mol. The van der Waals surface area contributed by atoms with Gasteiger partial charge < -0.3 is 15.0 Å². The zero-order valence-electron chi connectivity index (χ0n) is 15.8. The maximum absolute atomic E-state index is 12.6. The van der Waals surface area contributed by atoms with Gasteiger partial charge in [0, 0.05) is 17.8 Å². The van der Waals surface area contributed by atoms with Crippen LogP contribution in [-0.4, -0.2) is 24.5 Å². The Kier molecular flexibility index (Phi) is 6.47. The third kappa shape index (κ3) is 4.42. The Balaban J connectivity index is 1.83. The van der Waals surface area contributed by atoms with Crippen LogP contribution in [0.4, 0.5) is 11.4 Å². The van der Waals surface area contributed by atoms with Gasteiger partial charge in [-0.1, -0.05) is 43.0 Å². The van der Waals surface area contributed by atoms with Crippen molar-refractivity contribution in [3.63, 3.8) is 0 Å². The summed E-state index contributed by atoms with van der Waals surface area (Å²) in [6.45, 7) is 4.49. The molecule has 1 aliphatic rings. The number of fused-ring (bicyclic) bond motifs is 1. The van der Waals surface area contributed by atoms with Crippen molar-refractivity contribution in [2.45, 2.75) is 39.2 Å². The van der Waals surface area contributed by atoms with Crippen molar-refractivity contribution >= 4 is 46.4 Å². The molecule has 1 heterocycles. The Bertz CT molecular complexity index is 901. The Morgan fingerprint density at radius 3 is 2.64 bits per heavy atom. The van der Waals surface area contributed by atoms with Gasteiger partial charge in [0.05, 0.1) is 15.7 Å². The summed E-state index contributed by atoms with van der Waals surface area (Å²) < 4.78 is 5.72. The minimum atomic E-state index is -0.522. The minimum absolute atomic E-state index is 0.0726. The van der Waals surface area contributed by atoms with E-state index in [4.69, 9.17) is 27.9 Å². The number of carbonyl (C=O) groups excluding carboxylic acids is 2. The first-order chi connectivity index (χ1) is 13.4. The van der Waals surface area contributed by atoms with Crippen molar-refractivity contribution < 1.29 is 14.3 Å². The van der Waals surface area contributed by atoms with E-state index < -0.39 is 6.10 Å². The van der Waals surface area contributed by atoms with Gasteiger partial charge in [-0.15, -0.1) is 0 Å². The number of benzene rings is 2.